The fraction of sp³-hybridized carbons (Fsp3) is 0.429. The lowest BCUT2D eigenvalue weighted by atomic mass is 9.77. The highest BCUT2D eigenvalue weighted by atomic mass is 16.6. The average Bonchev–Trinajstić information content (AvgIpc) is 2.36. The van der Waals surface area contributed by atoms with Gasteiger partial charge in [-0.1, -0.05) is 30.3 Å². The van der Waals surface area contributed by atoms with Crippen LogP contribution in [0.15, 0.2) is 30.3 Å². The second kappa shape index (κ2) is 5.09. The number of carbonyl (C=O) groups excluding carboxylic acids is 1. The van der Waals surface area contributed by atoms with E-state index >= 15 is 0 Å². The third kappa shape index (κ3) is 2.30. The van der Waals surface area contributed by atoms with Gasteiger partial charge in [-0.05, 0) is 24.8 Å². The smallest absolute Gasteiger partial charge is 0.411 e. The van der Waals surface area contributed by atoms with Crippen LogP contribution in [-0.2, 0) is 11.3 Å². The van der Waals surface area contributed by atoms with Gasteiger partial charge >= 0.3 is 6.09 Å². The van der Waals surface area contributed by atoms with Crippen LogP contribution in [0.2, 0.25) is 0 Å². The highest BCUT2D eigenvalue weighted by Crippen LogP contribution is 2.36. The van der Waals surface area contributed by atoms with Gasteiger partial charge in [0.15, 0.2) is 0 Å². The molecule has 94 valence electrons. The lowest BCUT2D eigenvalue weighted by Crippen LogP contribution is -2.53. The van der Waals surface area contributed by atoms with Crippen LogP contribution in [0.1, 0.15) is 24.8 Å². The predicted octanol–water partition coefficient (Wildman–Crippen LogP) is 2.70. The van der Waals surface area contributed by atoms with Gasteiger partial charge < -0.3 is 4.74 Å². The molecular formula is C14H16N2O2. The summed E-state index contributed by atoms with van der Waals surface area (Å²) in [5, 5.41) is 9.14. The van der Waals surface area contributed by atoms with Crippen molar-refractivity contribution in [1.82, 2.24) is 4.90 Å². The number of ether oxygens (including phenoxy) is 1. The van der Waals surface area contributed by atoms with Crippen LogP contribution in [-0.4, -0.2) is 23.6 Å². The number of nitriles is 1. The van der Waals surface area contributed by atoms with Gasteiger partial charge in [0.1, 0.15) is 12.1 Å². The summed E-state index contributed by atoms with van der Waals surface area (Å²) >= 11 is 0. The van der Waals surface area contributed by atoms with E-state index in [1.54, 1.807) is 7.05 Å². The van der Waals surface area contributed by atoms with Crippen LogP contribution in [0.4, 0.5) is 4.79 Å². The van der Waals surface area contributed by atoms with Crippen molar-refractivity contribution in [3.8, 4) is 6.07 Å². The molecule has 0 heterocycles. The fourth-order valence-electron chi connectivity index (χ4n) is 2.02. The minimum absolute atomic E-state index is 0.242. The molecule has 0 aliphatic heterocycles. The van der Waals surface area contributed by atoms with Gasteiger partial charge in [-0.25, -0.2) is 4.79 Å². The maximum Gasteiger partial charge on any atom is 0.411 e. The number of hydrogen-bond donors (Lipinski definition) is 0. The Bertz CT molecular complexity index is 460. The van der Waals surface area contributed by atoms with Gasteiger partial charge in [0.25, 0.3) is 0 Å². The van der Waals surface area contributed by atoms with Crippen molar-refractivity contribution < 1.29 is 9.53 Å². The Labute approximate surface area is 107 Å². The molecule has 2 rings (SSSR count). The van der Waals surface area contributed by atoms with E-state index in [4.69, 9.17) is 10.00 Å². The average molecular weight is 244 g/mol. The van der Waals surface area contributed by atoms with Gasteiger partial charge in [-0.3, -0.25) is 4.90 Å². The number of carbonyl (C=O) groups is 1. The van der Waals surface area contributed by atoms with Gasteiger partial charge in [0, 0.05) is 7.05 Å². The number of hydrogen-bond acceptors (Lipinski definition) is 3. The van der Waals surface area contributed by atoms with Gasteiger partial charge in [0.2, 0.25) is 0 Å². The molecular weight excluding hydrogens is 228 g/mol. The second-order valence-electron chi connectivity index (χ2n) is 4.60. The summed E-state index contributed by atoms with van der Waals surface area (Å²) in [4.78, 5) is 13.3. The van der Waals surface area contributed by atoms with E-state index in [0.717, 1.165) is 24.8 Å². The monoisotopic (exact) mass is 244 g/mol. The van der Waals surface area contributed by atoms with Gasteiger partial charge in [-0.15, -0.1) is 0 Å². The molecule has 0 N–H and O–H groups in total. The fourth-order valence-corrected chi connectivity index (χ4v) is 2.02. The first-order valence-electron chi connectivity index (χ1n) is 6.04. The van der Waals surface area contributed by atoms with Crippen molar-refractivity contribution >= 4 is 6.09 Å². The first-order valence-corrected chi connectivity index (χ1v) is 6.04. The van der Waals surface area contributed by atoms with Crippen LogP contribution in [0, 0.1) is 11.3 Å². The van der Waals surface area contributed by atoms with E-state index in [-0.39, 0.29) is 6.61 Å². The molecule has 0 unspecified atom stereocenters. The van der Waals surface area contributed by atoms with E-state index in [1.807, 2.05) is 30.3 Å². The largest absolute Gasteiger partial charge is 0.445 e. The van der Waals surface area contributed by atoms with Crippen molar-refractivity contribution in [2.75, 3.05) is 7.05 Å². The lowest BCUT2D eigenvalue weighted by molar-refractivity contribution is 0.0490. The van der Waals surface area contributed by atoms with E-state index in [1.165, 1.54) is 4.90 Å². The zero-order valence-electron chi connectivity index (χ0n) is 10.4. The zero-order valence-corrected chi connectivity index (χ0v) is 10.4. The Morgan fingerprint density at radius 2 is 2.11 bits per heavy atom. The minimum Gasteiger partial charge on any atom is -0.445 e. The summed E-state index contributed by atoms with van der Waals surface area (Å²) in [6.07, 6.45) is 2.03. The topological polar surface area (TPSA) is 53.3 Å². The third-order valence-corrected chi connectivity index (χ3v) is 3.51. The van der Waals surface area contributed by atoms with E-state index in [9.17, 15) is 4.79 Å². The molecule has 1 fully saturated rings. The number of rotatable bonds is 3. The molecule has 1 saturated carbocycles. The van der Waals surface area contributed by atoms with E-state index in [0.29, 0.717) is 0 Å². The van der Waals surface area contributed by atoms with Crippen LogP contribution < -0.4 is 0 Å². The molecule has 1 aromatic rings. The van der Waals surface area contributed by atoms with Gasteiger partial charge in [-0.2, -0.15) is 5.26 Å². The van der Waals surface area contributed by atoms with E-state index < -0.39 is 11.6 Å². The van der Waals surface area contributed by atoms with Crippen LogP contribution in [0.5, 0.6) is 0 Å². The first kappa shape index (κ1) is 12.4. The van der Waals surface area contributed by atoms with Crippen molar-refractivity contribution in [3.05, 3.63) is 35.9 Å². The molecule has 4 nitrogen and oxygen atoms in total. The lowest BCUT2D eigenvalue weighted by Gasteiger charge is -2.42. The van der Waals surface area contributed by atoms with Crippen molar-refractivity contribution in [3.63, 3.8) is 0 Å². The molecule has 0 bridgehead atoms. The Balaban J connectivity index is 1.91. The molecule has 0 aromatic heterocycles. The van der Waals surface area contributed by atoms with E-state index in [2.05, 4.69) is 6.07 Å². The molecule has 0 atom stereocenters. The van der Waals surface area contributed by atoms with Crippen molar-refractivity contribution in [2.24, 2.45) is 0 Å². The Morgan fingerprint density at radius 3 is 2.61 bits per heavy atom. The zero-order chi connectivity index (χ0) is 13.0. The minimum atomic E-state index is -0.645. The normalized spacial score (nSPS) is 16.2. The summed E-state index contributed by atoms with van der Waals surface area (Å²) in [5.41, 5.74) is 0.298. The van der Waals surface area contributed by atoms with Crippen molar-refractivity contribution in [2.45, 2.75) is 31.4 Å². The number of amides is 1. The van der Waals surface area contributed by atoms with Crippen LogP contribution in [0.25, 0.3) is 0 Å². The summed E-state index contributed by atoms with van der Waals surface area (Å²) in [7, 11) is 1.63. The molecule has 18 heavy (non-hydrogen) atoms. The summed E-state index contributed by atoms with van der Waals surface area (Å²) < 4.78 is 5.21. The summed E-state index contributed by atoms with van der Waals surface area (Å²) in [5.74, 6) is 0. The molecule has 0 spiro atoms. The SMILES string of the molecule is CN(C(=O)OCc1ccccc1)C1(C#N)CCC1. The van der Waals surface area contributed by atoms with Gasteiger partial charge in [0.05, 0.1) is 6.07 Å². The molecule has 1 aromatic carbocycles. The molecule has 1 aliphatic rings. The predicted molar refractivity (Wildman–Crippen MR) is 66.6 cm³/mol. The van der Waals surface area contributed by atoms with Crippen LogP contribution in [0.3, 0.4) is 0 Å². The molecule has 4 heteroatoms. The maximum absolute atomic E-state index is 11.9. The third-order valence-electron chi connectivity index (χ3n) is 3.51. The second-order valence-corrected chi connectivity index (χ2v) is 4.60. The molecule has 0 saturated heterocycles. The Kier molecular flexibility index (Phi) is 3.52. The maximum atomic E-state index is 11.9. The van der Waals surface area contributed by atoms with Crippen molar-refractivity contribution in [1.29, 1.82) is 5.26 Å². The molecule has 1 amide bonds. The Hall–Kier alpha value is -2.02. The summed E-state index contributed by atoms with van der Waals surface area (Å²) in [6.45, 7) is 0.242. The quantitative estimate of drug-likeness (QED) is 0.821. The standard InChI is InChI=1S/C14H16N2O2/c1-16(14(11-15)8-5-9-14)13(17)18-10-12-6-3-2-4-7-12/h2-4,6-7H,5,8-10H2,1H3. The first-order chi connectivity index (χ1) is 8.68. The highest BCUT2D eigenvalue weighted by molar-refractivity contribution is 5.69. The van der Waals surface area contributed by atoms with Crippen LogP contribution >= 0.6 is 0 Å². The highest BCUT2D eigenvalue weighted by Gasteiger charge is 2.44. The molecule has 1 aliphatic carbocycles. The Morgan fingerprint density at radius 1 is 1.44 bits per heavy atom. The summed E-state index contributed by atoms with van der Waals surface area (Å²) in [6, 6.07) is 11.7. The number of benzene rings is 1. The number of nitrogens with zero attached hydrogens (tertiary/aromatic N) is 2. The molecule has 0 radical (unpaired) electrons.